The fourth-order valence-corrected chi connectivity index (χ4v) is 2.84. The molecule has 0 unspecified atom stereocenters. The van der Waals surface area contributed by atoms with Gasteiger partial charge in [0.05, 0.1) is 11.6 Å². The highest BCUT2D eigenvalue weighted by Crippen LogP contribution is 2.24. The maximum Gasteiger partial charge on any atom is 0.155 e. The second-order valence-electron chi connectivity index (χ2n) is 7.53. The molecule has 0 N–H and O–H groups in total. The van der Waals surface area contributed by atoms with Crippen molar-refractivity contribution in [2.24, 2.45) is 5.16 Å². The highest BCUT2D eigenvalue weighted by atomic mass is 16.6. The minimum Gasteiger partial charge on any atom is -0.454 e. The Morgan fingerprint density at radius 2 is 1.82 bits per heavy atom. The molecule has 138 valence electrons. The van der Waals surface area contributed by atoms with Crippen molar-refractivity contribution in [3.63, 3.8) is 0 Å². The summed E-state index contributed by atoms with van der Waals surface area (Å²) in [5, 5.41) is 17.0. The molecule has 2 heterocycles. The lowest BCUT2D eigenvalue weighted by molar-refractivity contribution is -0.00585. The summed E-state index contributed by atoms with van der Waals surface area (Å²) in [5.41, 5.74) is 1.42. The Morgan fingerprint density at radius 1 is 1.04 bits per heavy atom. The zero-order valence-corrected chi connectivity index (χ0v) is 15.9. The fourth-order valence-electron chi connectivity index (χ4n) is 2.84. The molecule has 2 aromatic carbocycles. The molecule has 4 rings (SSSR count). The lowest BCUT2D eigenvalue weighted by Crippen LogP contribution is -2.18. The van der Waals surface area contributed by atoms with Crippen molar-refractivity contribution in [2.45, 2.75) is 26.4 Å². The van der Waals surface area contributed by atoms with E-state index in [0.717, 1.165) is 10.8 Å². The predicted molar refractivity (Wildman–Crippen MR) is 108 cm³/mol. The van der Waals surface area contributed by atoms with Gasteiger partial charge in [-0.15, -0.1) is 0 Å². The van der Waals surface area contributed by atoms with Crippen LogP contribution in [0.4, 0.5) is 0 Å². The van der Waals surface area contributed by atoms with Gasteiger partial charge >= 0.3 is 0 Å². The zero-order chi connectivity index (χ0) is 19.7. The van der Waals surface area contributed by atoms with Crippen LogP contribution in [0.1, 0.15) is 26.3 Å². The summed E-state index contributed by atoms with van der Waals surface area (Å²) in [6.45, 7) is 5.79. The molecule has 0 spiro atoms. The molecule has 0 amide bonds. The summed E-state index contributed by atoms with van der Waals surface area (Å²) in [5.74, 6) is 0.583. The number of nitriles is 1. The van der Waals surface area contributed by atoms with E-state index in [9.17, 15) is 5.26 Å². The third kappa shape index (κ3) is 3.58. The van der Waals surface area contributed by atoms with E-state index in [1.165, 1.54) is 0 Å². The van der Waals surface area contributed by atoms with Crippen molar-refractivity contribution in [1.29, 1.82) is 5.26 Å². The summed E-state index contributed by atoms with van der Waals surface area (Å²) in [6.07, 6.45) is 1.83. The van der Waals surface area contributed by atoms with E-state index in [1.807, 2.05) is 57.3 Å². The van der Waals surface area contributed by atoms with Crippen LogP contribution in [-0.4, -0.2) is 10.6 Å². The number of hydrogen-bond acceptors (Lipinski definition) is 5. The fraction of sp³-hybridized carbons (Fsp3) is 0.174. The van der Waals surface area contributed by atoms with Crippen molar-refractivity contribution in [3.8, 4) is 17.5 Å². The Bertz CT molecular complexity index is 1290. The molecule has 5 heteroatoms. The number of pyridine rings is 1. The smallest absolute Gasteiger partial charge is 0.155 e. The van der Waals surface area contributed by atoms with E-state index in [2.05, 4.69) is 16.2 Å². The lowest BCUT2D eigenvalue weighted by atomic mass is 10.1. The molecule has 28 heavy (non-hydrogen) atoms. The van der Waals surface area contributed by atoms with Crippen LogP contribution in [0.3, 0.4) is 0 Å². The Labute approximate surface area is 162 Å². The lowest BCUT2D eigenvalue weighted by Gasteiger charge is -2.15. The van der Waals surface area contributed by atoms with Gasteiger partial charge in [0.25, 0.3) is 0 Å². The largest absolute Gasteiger partial charge is 0.454 e. The van der Waals surface area contributed by atoms with Crippen LogP contribution in [0.25, 0.3) is 33.2 Å². The molecule has 2 aromatic heterocycles. The molecule has 5 nitrogen and oxygen atoms in total. The highest BCUT2D eigenvalue weighted by Gasteiger charge is 2.12. The molecule has 0 radical (unpaired) electrons. The molecule has 0 bridgehead atoms. The van der Waals surface area contributed by atoms with Crippen LogP contribution in [0.15, 0.2) is 70.4 Å². The van der Waals surface area contributed by atoms with Crippen LogP contribution < -0.4 is 5.36 Å². The number of fused-ring (bicyclic) bond motifs is 2. The van der Waals surface area contributed by atoms with E-state index in [-0.39, 0.29) is 0 Å². The summed E-state index contributed by atoms with van der Waals surface area (Å²) in [6, 6.07) is 19.2. The zero-order valence-electron chi connectivity index (χ0n) is 15.9. The number of aromatic nitrogens is 1. The van der Waals surface area contributed by atoms with Gasteiger partial charge in [-0.2, -0.15) is 5.26 Å². The first-order chi connectivity index (χ1) is 13.4. The maximum atomic E-state index is 9.23. The third-order valence-corrected chi connectivity index (χ3v) is 4.17. The van der Waals surface area contributed by atoms with Gasteiger partial charge in [0.2, 0.25) is 0 Å². The molecular weight excluding hydrogens is 350 g/mol. The number of rotatable bonds is 2. The van der Waals surface area contributed by atoms with Gasteiger partial charge in [-0.3, -0.25) is 4.98 Å². The van der Waals surface area contributed by atoms with Gasteiger partial charge < -0.3 is 9.25 Å². The second-order valence-corrected chi connectivity index (χ2v) is 7.53. The molecule has 0 fully saturated rings. The summed E-state index contributed by atoms with van der Waals surface area (Å²) < 4.78 is 6.08. The quantitative estimate of drug-likeness (QED) is 0.458. The molecule has 0 saturated heterocycles. The van der Waals surface area contributed by atoms with Crippen molar-refractivity contribution >= 4 is 21.7 Å². The van der Waals surface area contributed by atoms with Gasteiger partial charge in [-0.05, 0) is 50.4 Å². The number of hydrogen-bond donors (Lipinski definition) is 0. The Morgan fingerprint density at radius 3 is 2.57 bits per heavy atom. The van der Waals surface area contributed by atoms with Gasteiger partial charge in [0.1, 0.15) is 22.2 Å². The number of nitrogens with zero attached hydrogens (tertiary/aromatic N) is 3. The normalized spacial score (nSPS) is 12.3. The van der Waals surface area contributed by atoms with Crippen molar-refractivity contribution in [3.05, 3.63) is 71.7 Å². The maximum absolute atomic E-state index is 9.23. The second kappa shape index (κ2) is 6.82. The first-order valence-electron chi connectivity index (χ1n) is 8.98. The summed E-state index contributed by atoms with van der Waals surface area (Å²) in [7, 11) is 0. The van der Waals surface area contributed by atoms with Crippen molar-refractivity contribution in [1.82, 2.24) is 4.98 Å². The van der Waals surface area contributed by atoms with Gasteiger partial charge in [0.15, 0.2) is 5.76 Å². The Kier molecular flexibility index (Phi) is 4.32. The van der Waals surface area contributed by atoms with Gasteiger partial charge in [-0.25, -0.2) is 0 Å². The summed E-state index contributed by atoms with van der Waals surface area (Å²) in [4.78, 5) is 10.2. The minimum absolute atomic E-state index is 0.437. The van der Waals surface area contributed by atoms with Gasteiger partial charge in [-0.1, -0.05) is 29.4 Å². The molecule has 0 aliphatic carbocycles. The van der Waals surface area contributed by atoms with E-state index in [1.54, 1.807) is 24.3 Å². The van der Waals surface area contributed by atoms with E-state index >= 15 is 0 Å². The highest BCUT2D eigenvalue weighted by molar-refractivity contribution is 5.85. The van der Waals surface area contributed by atoms with E-state index in [0.29, 0.717) is 33.3 Å². The standard InChI is InChI=1S/C23H19N3O2/c1-23(2,3)28-26-19-12-22(27-21-9-8-15(13-24)10-18(19)21)20-11-16-6-4-5-7-17(16)14-25-20/h4-12,14H,1-3H3. The predicted octanol–water partition coefficient (Wildman–Crippen LogP) is 5.15. The van der Waals surface area contributed by atoms with Crippen LogP contribution in [0.5, 0.6) is 0 Å². The van der Waals surface area contributed by atoms with E-state index in [4.69, 9.17) is 9.25 Å². The monoisotopic (exact) mass is 369 g/mol. The van der Waals surface area contributed by atoms with Gasteiger partial charge in [0, 0.05) is 23.0 Å². The van der Waals surface area contributed by atoms with Crippen LogP contribution in [0.2, 0.25) is 0 Å². The van der Waals surface area contributed by atoms with Crippen LogP contribution in [-0.2, 0) is 4.84 Å². The van der Waals surface area contributed by atoms with Crippen molar-refractivity contribution < 1.29 is 9.25 Å². The molecule has 0 saturated carbocycles. The number of benzene rings is 2. The van der Waals surface area contributed by atoms with Crippen molar-refractivity contribution in [2.75, 3.05) is 0 Å². The molecule has 4 aromatic rings. The molecular formula is C23H19N3O2. The Hall–Kier alpha value is -3.65. The average Bonchev–Trinajstić information content (AvgIpc) is 2.70. The Balaban J connectivity index is 1.95. The first kappa shape index (κ1) is 17.7. The molecule has 0 atom stereocenters. The average molecular weight is 369 g/mol. The molecule has 0 aliphatic heterocycles. The van der Waals surface area contributed by atoms with Crippen LogP contribution >= 0.6 is 0 Å². The third-order valence-electron chi connectivity index (χ3n) is 4.17. The van der Waals surface area contributed by atoms with E-state index < -0.39 is 5.60 Å². The molecule has 0 aliphatic rings. The summed E-state index contributed by atoms with van der Waals surface area (Å²) >= 11 is 0. The first-order valence-corrected chi connectivity index (χ1v) is 8.98. The SMILES string of the molecule is CC(C)(C)ON=c1cc(-c2cc3ccccc3cn2)oc2ccc(C#N)cc12. The topological polar surface area (TPSA) is 71.4 Å². The van der Waals surface area contributed by atoms with Crippen LogP contribution in [0, 0.1) is 11.3 Å². The minimum atomic E-state index is -0.437.